The lowest BCUT2D eigenvalue weighted by molar-refractivity contribution is -0.121. The highest BCUT2D eigenvalue weighted by atomic mass is 35.5. The minimum absolute atomic E-state index is 0.0975. The number of carbonyl (C=O) groups is 2. The maximum Gasteiger partial charge on any atom is 0.257 e. The standard InChI is InChI=1S/C23H22ClN3O3S/c24-18-9-7-16(8-10-18)15-30-20-6-2-1-5-19(20)22(29)27-12-3-4-17(14-27)21(28)26-23-25-11-13-31-23/h1-2,5-11,13,17H,3-4,12,14-15H2,(H,25,26,28). The van der Waals surface area contributed by atoms with Gasteiger partial charge in [-0.1, -0.05) is 35.9 Å². The van der Waals surface area contributed by atoms with Crippen LogP contribution in [0.2, 0.25) is 5.02 Å². The van der Waals surface area contributed by atoms with Crippen LogP contribution < -0.4 is 10.1 Å². The molecule has 160 valence electrons. The molecule has 0 saturated carbocycles. The Bertz CT molecular complexity index is 1040. The van der Waals surface area contributed by atoms with Crippen LogP contribution in [0.25, 0.3) is 0 Å². The normalized spacial score (nSPS) is 16.0. The van der Waals surface area contributed by atoms with Gasteiger partial charge in [0.25, 0.3) is 5.91 Å². The Morgan fingerprint density at radius 1 is 1.19 bits per heavy atom. The van der Waals surface area contributed by atoms with Crippen LogP contribution in [0.4, 0.5) is 5.13 Å². The summed E-state index contributed by atoms with van der Waals surface area (Å²) in [7, 11) is 0. The van der Waals surface area contributed by atoms with Gasteiger partial charge < -0.3 is 15.0 Å². The second-order valence-electron chi connectivity index (χ2n) is 7.33. The summed E-state index contributed by atoms with van der Waals surface area (Å²) in [6.45, 7) is 1.33. The fraction of sp³-hybridized carbons (Fsp3) is 0.261. The van der Waals surface area contributed by atoms with Crippen LogP contribution in [-0.4, -0.2) is 34.8 Å². The minimum Gasteiger partial charge on any atom is -0.488 e. The van der Waals surface area contributed by atoms with Gasteiger partial charge in [-0.3, -0.25) is 9.59 Å². The van der Waals surface area contributed by atoms with Crippen LogP contribution in [0.1, 0.15) is 28.8 Å². The van der Waals surface area contributed by atoms with Crippen molar-refractivity contribution in [2.45, 2.75) is 19.4 Å². The number of benzene rings is 2. The smallest absolute Gasteiger partial charge is 0.257 e. The zero-order valence-corrected chi connectivity index (χ0v) is 18.4. The maximum absolute atomic E-state index is 13.2. The maximum atomic E-state index is 13.2. The second kappa shape index (κ2) is 9.94. The van der Waals surface area contributed by atoms with Crippen molar-refractivity contribution in [2.24, 2.45) is 5.92 Å². The third-order valence-corrected chi connectivity index (χ3v) is 6.11. The Morgan fingerprint density at radius 2 is 2.00 bits per heavy atom. The molecule has 4 rings (SSSR count). The van der Waals surface area contributed by atoms with Crippen molar-refractivity contribution < 1.29 is 14.3 Å². The van der Waals surface area contributed by atoms with E-state index in [1.54, 1.807) is 23.2 Å². The summed E-state index contributed by atoms with van der Waals surface area (Å²) in [6.07, 6.45) is 3.17. The average molecular weight is 456 g/mol. The van der Waals surface area contributed by atoms with Crippen molar-refractivity contribution in [1.82, 2.24) is 9.88 Å². The van der Waals surface area contributed by atoms with Gasteiger partial charge in [0.1, 0.15) is 12.4 Å². The molecule has 2 amide bonds. The van der Waals surface area contributed by atoms with Crippen LogP contribution in [0.3, 0.4) is 0 Å². The number of nitrogens with zero attached hydrogens (tertiary/aromatic N) is 2. The molecule has 1 aromatic heterocycles. The lowest BCUT2D eigenvalue weighted by Gasteiger charge is -2.32. The van der Waals surface area contributed by atoms with Gasteiger partial charge in [-0.2, -0.15) is 0 Å². The number of carbonyl (C=O) groups excluding carboxylic acids is 2. The van der Waals surface area contributed by atoms with Gasteiger partial charge in [0.05, 0.1) is 11.5 Å². The number of hydrogen-bond acceptors (Lipinski definition) is 5. The predicted molar refractivity (Wildman–Crippen MR) is 122 cm³/mol. The lowest BCUT2D eigenvalue weighted by atomic mass is 9.96. The van der Waals surface area contributed by atoms with Crippen molar-refractivity contribution in [3.8, 4) is 5.75 Å². The van der Waals surface area contributed by atoms with Crippen LogP contribution in [-0.2, 0) is 11.4 Å². The van der Waals surface area contributed by atoms with E-state index in [2.05, 4.69) is 10.3 Å². The summed E-state index contributed by atoms with van der Waals surface area (Å²) in [5.41, 5.74) is 1.46. The van der Waals surface area contributed by atoms with Crippen molar-refractivity contribution >= 4 is 39.9 Å². The largest absolute Gasteiger partial charge is 0.488 e. The van der Waals surface area contributed by atoms with Gasteiger partial charge >= 0.3 is 0 Å². The number of nitrogens with one attached hydrogen (secondary N) is 1. The molecule has 1 N–H and O–H groups in total. The number of likely N-dealkylation sites (tertiary alicyclic amines) is 1. The molecule has 0 spiro atoms. The van der Waals surface area contributed by atoms with Gasteiger partial charge in [-0.25, -0.2) is 4.98 Å². The Balaban J connectivity index is 1.42. The molecule has 0 bridgehead atoms. The number of thiazole rings is 1. The highest BCUT2D eigenvalue weighted by molar-refractivity contribution is 7.13. The molecule has 1 saturated heterocycles. The van der Waals surface area contributed by atoms with Gasteiger partial charge in [-0.05, 0) is 42.7 Å². The molecule has 0 radical (unpaired) electrons. The number of para-hydroxylation sites is 1. The Hall–Kier alpha value is -2.90. The van der Waals surface area contributed by atoms with Gasteiger partial charge in [0, 0.05) is 29.7 Å². The fourth-order valence-corrected chi connectivity index (χ4v) is 4.21. The predicted octanol–water partition coefficient (Wildman–Crippen LogP) is 4.87. The molecule has 3 aromatic rings. The molecule has 0 aliphatic carbocycles. The number of anilines is 1. The zero-order valence-electron chi connectivity index (χ0n) is 16.8. The van der Waals surface area contributed by atoms with E-state index in [1.807, 2.05) is 41.8 Å². The molecule has 2 aromatic carbocycles. The number of halogens is 1. The van der Waals surface area contributed by atoms with E-state index in [0.717, 1.165) is 18.4 Å². The summed E-state index contributed by atoms with van der Waals surface area (Å²) in [5.74, 6) is 0.0405. The molecule has 2 heterocycles. The van der Waals surface area contributed by atoms with Crippen LogP contribution in [0.5, 0.6) is 5.75 Å². The van der Waals surface area contributed by atoms with E-state index >= 15 is 0 Å². The molecule has 1 atom stereocenters. The van der Waals surface area contributed by atoms with E-state index in [1.165, 1.54) is 11.3 Å². The fourth-order valence-electron chi connectivity index (χ4n) is 3.55. The third kappa shape index (κ3) is 5.42. The topological polar surface area (TPSA) is 71.5 Å². The molecule has 1 aliphatic heterocycles. The number of amides is 2. The number of hydrogen-bond donors (Lipinski definition) is 1. The molecule has 6 nitrogen and oxygen atoms in total. The number of piperidine rings is 1. The van der Waals surface area contributed by atoms with E-state index in [4.69, 9.17) is 16.3 Å². The van der Waals surface area contributed by atoms with E-state index in [9.17, 15) is 9.59 Å². The SMILES string of the molecule is O=C(Nc1nccs1)C1CCCN(C(=O)c2ccccc2OCc2ccc(Cl)cc2)C1. The van der Waals surface area contributed by atoms with E-state index in [-0.39, 0.29) is 17.7 Å². The molecular weight excluding hydrogens is 434 g/mol. The number of ether oxygens (including phenoxy) is 1. The Morgan fingerprint density at radius 3 is 2.77 bits per heavy atom. The molecule has 1 fully saturated rings. The number of aromatic nitrogens is 1. The van der Waals surface area contributed by atoms with Gasteiger partial charge in [0.15, 0.2) is 5.13 Å². The van der Waals surface area contributed by atoms with E-state index < -0.39 is 0 Å². The first-order chi connectivity index (χ1) is 15.1. The first-order valence-corrected chi connectivity index (χ1v) is 11.3. The first-order valence-electron chi connectivity index (χ1n) is 10.1. The summed E-state index contributed by atoms with van der Waals surface area (Å²) in [4.78, 5) is 31.7. The minimum atomic E-state index is -0.260. The van der Waals surface area contributed by atoms with Crippen molar-refractivity contribution in [3.63, 3.8) is 0 Å². The van der Waals surface area contributed by atoms with Crippen LogP contribution in [0.15, 0.2) is 60.1 Å². The molecule has 8 heteroatoms. The highest BCUT2D eigenvalue weighted by Crippen LogP contribution is 2.25. The highest BCUT2D eigenvalue weighted by Gasteiger charge is 2.30. The summed E-state index contributed by atoms with van der Waals surface area (Å²) >= 11 is 7.31. The zero-order chi connectivity index (χ0) is 21.6. The Kier molecular flexibility index (Phi) is 6.84. The van der Waals surface area contributed by atoms with Gasteiger partial charge in [0.2, 0.25) is 5.91 Å². The lowest BCUT2D eigenvalue weighted by Crippen LogP contribution is -2.43. The summed E-state index contributed by atoms with van der Waals surface area (Å²) < 4.78 is 5.94. The van der Waals surface area contributed by atoms with Crippen molar-refractivity contribution in [3.05, 3.63) is 76.3 Å². The van der Waals surface area contributed by atoms with Crippen molar-refractivity contribution in [2.75, 3.05) is 18.4 Å². The monoisotopic (exact) mass is 455 g/mol. The third-order valence-electron chi connectivity index (χ3n) is 5.17. The summed E-state index contributed by atoms with van der Waals surface area (Å²) in [6, 6.07) is 14.6. The molecule has 31 heavy (non-hydrogen) atoms. The first kappa shape index (κ1) is 21.3. The molecule has 1 aliphatic rings. The van der Waals surface area contributed by atoms with Crippen molar-refractivity contribution in [1.29, 1.82) is 0 Å². The van der Waals surface area contributed by atoms with E-state index in [0.29, 0.717) is 41.2 Å². The number of rotatable bonds is 6. The Labute approximate surface area is 189 Å². The second-order valence-corrected chi connectivity index (χ2v) is 8.66. The summed E-state index contributed by atoms with van der Waals surface area (Å²) in [5, 5.41) is 5.90. The van der Waals surface area contributed by atoms with Crippen LogP contribution in [0, 0.1) is 5.92 Å². The van der Waals surface area contributed by atoms with Crippen LogP contribution >= 0.6 is 22.9 Å². The average Bonchev–Trinajstić information content (AvgIpc) is 3.31. The van der Waals surface area contributed by atoms with Gasteiger partial charge in [-0.15, -0.1) is 11.3 Å². The molecule has 1 unspecified atom stereocenters. The molecular formula is C23H22ClN3O3S. The quantitative estimate of drug-likeness (QED) is 0.575.